The van der Waals surface area contributed by atoms with Crippen molar-refractivity contribution in [1.82, 2.24) is 5.32 Å². The lowest BCUT2D eigenvalue weighted by Crippen LogP contribution is -2.28. The molecule has 0 radical (unpaired) electrons. The molecule has 29 heavy (non-hydrogen) atoms. The van der Waals surface area contributed by atoms with Crippen molar-refractivity contribution in [2.24, 2.45) is 5.73 Å². The van der Waals surface area contributed by atoms with E-state index in [0.29, 0.717) is 24.4 Å². The minimum atomic E-state index is -0.539. The van der Waals surface area contributed by atoms with Crippen molar-refractivity contribution in [3.8, 4) is 5.75 Å². The maximum Gasteiger partial charge on any atom is 0.319 e. The van der Waals surface area contributed by atoms with Crippen molar-refractivity contribution in [2.45, 2.75) is 20.1 Å². The van der Waals surface area contributed by atoms with Crippen LogP contribution in [0.25, 0.3) is 0 Å². The number of para-hydroxylation sites is 1. The van der Waals surface area contributed by atoms with Crippen LogP contribution in [0, 0.1) is 6.92 Å². The van der Waals surface area contributed by atoms with Crippen molar-refractivity contribution in [3.63, 3.8) is 0 Å². The normalized spacial score (nSPS) is 10.2. The fourth-order valence-electron chi connectivity index (χ4n) is 2.77. The lowest BCUT2D eigenvalue weighted by molar-refractivity contribution is 0.1000. The van der Waals surface area contributed by atoms with E-state index in [9.17, 15) is 9.59 Å². The summed E-state index contributed by atoms with van der Waals surface area (Å²) in [5.41, 5.74) is 8.99. The third-order valence-electron chi connectivity index (χ3n) is 4.36. The number of benzene rings is 3. The van der Waals surface area contributed by atoms with Gasteiger partial charge in [-0.3, -0.25) is 4.79 Å². The van der Waals surface area contributed by atoms with Gasteiger partial charge in [0.05, 0.1) is 0 Å². The lowest BCUT2D eigenvalue weighted by Gasteiger charge is -2.12. The average Bonchev–Trinajstić information content (AvgIpc) is 2.73. The number of aryl methyl sites for hydroxylation is 1. The van der Waals surface area contributed by atoms with Crippen molar-refractivity contribution in [3.05, 3.63) is 95.1 Å². The highest BCUT2D eigenvalue weighted by Gasteiger charge is 2.08. The Kier molecular flexibility index (Phi) is 6.47. The molecule has 3 amide bonds. The molecule has 0 saturated heterocycles. The smallest absolute Gasteiger partial charge is 0.319 e. The molecule has 148 valence electrons. The third kappa shape index (κ3) is 5.84. The minimum absolute atomic E-state index is 0.344. The second kappa shape index (κ2) is 9.41. The number of anilines is 1. The van der Waals surface area contributed by atoms with Gasteiger partial charge in [0.2, 0.25) is 5.91 Å². The molecule has 0 aromatic heterocycles. The van der Waals surface area contributed by atoms with E-state index in [1.54, 1.807) is 18.2 Å². The molecule has 0 fully saturated rings. The van der Waals surface area contributed by atoms with E-state index in [2.05, 4.69) is 10.6 Å². The van der Waals surface area contributed by atoms with Gasteiger partial charge in [0.15, 0.2) is 0 Å². The largest absolute Gasteiger partial charge is 0.489 e. The van der Waals surface area contributed by atoms with Crippen molar-refractivity contribution in [2.75, 3.05) is 5.32 Å². The highest BCUT2D eigenvalue weighted by molar-refractivity contribution is 5.96. The van der Waals surface area contributed by atoms with Gasteiger partial charge in [-0.25, -0.2) is 4.79 Å². The molecule has 4 N–H and O–H groups in total. The number of nitrogens with two attached hydrogens (primary N) is 1. The van der Waals surface area contributed by atoms with Crippen LogP contribution in [0.2, 0.25) is 0 Å². The first-order valence-corrected chi connectivity index (χ1v) is 9.22. The maximum absolute atomic E-state index is 12.3. The molecule has 3 aromatic rings. The molecular weight excluding hydrogens is 366 g/mol. The summed E-state index contributed by atoms with van der Waals surface area (Å²) in [5.74, 6) is 0.270. The summed E-state index contributed by atoms with van der Waals surface area (Å²) in [5, 5.41) is 5.57. The summed E-state index contributed by atoms with van der Waals surface area (Å²) < 4.78 is 5.76. The number of ether oxygens (including phenoxy) is 1. The van der Waals surface area contributed by atoms with E-state index in [4.69, 9.17) is 10.5 Å². The number of nitrogens with one attached hydrogen (secondary N) is 2. The lowest BCUT2D eigenvalue weighted by atomic mass is 10.1. The van der Waals surface area contributed by atoms with Crippen LogP contribution in [0.3, 0.4) is 0 Å². The summed E-state index contributed by atoms with van der Waals surface area (Å²) in [6.45, 7) is 2.65. The van der Waals surface area contributed by atoms with Gasteiger partial charge in [0.1, 0.15) is 12.4 Å². The fourth-order valence-corrected chi connectivity index (χ4v) is 2.77. The van der Waals surface area contributed by atoms with Crippen LogP contribution in [-0.4, -0.2) is 11.9 Å². The molecule has 6 nitrogen and oxygen atoms in total. The first kappa shape index (κ1) is 19.9. The zero-order valence-corrected chi connectivity index (χ0v) is 16.1. The standard InChI is InChI=1S/C23H23N3O3/c1-16-10-11-19(22(24)27)13-21(16)26-23(28)25-14-17-6-5-7-18(12-17)15-29-20-8-3-2-4-9-20/h2-13H,14-15H2,1H3,(H2,24,27)(H2,25,26,28). The number of rotatable bonds is 7. The Hall–Kier alpha value is -3.80. The van der Waals surface area contributed by atoms with E-state index in [1.165, 1.54) is 0 Å². The van der Waals surface area contributed by atoms with Gasteiger partial charge in [-0.15, -0.1) is 0 Å². The van der Waals surface area contributed by atoms with Gasteiger partial charge in [0, 0.05) is 17.8 Å². The zero-order valence-electron chi connectivity index (χ0n) is 16.1. The molecule has 0 aliphatic rings. The first-order valence-electron chi connectivity index (χ1n) is 9.22. The molecule has 0 saturated carbocycles. The summed E-state index contributed by atoms with van der Waals surface area (Å²) in [7, 11) is 0. The number of hydrogen-bond acceptors (Lipinski definition) is 3. The molecule has 0 aliphatic carbocycles. The molecule has 6 heteroatoms. The number of primary amides is 1. The van der Waals surface area contributed by atoms with Gasteiger partial charge in [-0.05, 0) is 47.9 Å². The van der Waals surface area contributed by atoms with E-state index in [1.807, 2.05) is 61.5 Å². The molecule has 0 spiro atoms. The van der Waals surface area contributed by atoms with Crippen molar-refractivity contribution < 1.29 is 14.3 Å². The number of carbonyl (C=O) groups excluding carboxylic acids is 2. The number of hydrogen-bond donors (Lipinski definition) is 3. The Morgan fingerprint density at radius 2 is 1.69 bits per heavy atom. The SMILES string of the molecule is Cc1ccc(C(N)=O)cc1NC(=O)NCc1cccc(COc2ccccc2)c1. The highest BCUT2D eigenvalue weighted by atomic mass is 16.5. The van der Waals surface area contributed by atoms with E-state index >= 15 is 0 Å². The highest BCUT2D eigenvalue weighted by Crippen LogP contribution is 2.17. The van der Waals surface area contributed by atoms with Gasteiger partial charge in [-0.2, -0.15) is 0 Å². The van der Waals surface area contributed by atoms with Crippen LogP contribution in [0.1, 0.15) is 27.0 Å². The predicted molar refractivity (Wildman–Crippen MR) is 113 cm³/mol. The van der Waals surface area contributed by atoms with Crippen LogP contribution >= 0.6 is 0 Å². The quantitative estimate of drug-likeness (QED) is 0.570. The van der Waals surface area contributed by atoms with E-state index in [0.717, 1.165) is 22.4 Å². The number of urea groups is 1. The van der Waals surface area contributed by atoms with Crippen LogP contribution < -0.4 is 21.1 Å². The molecule has 0 unspecified atom stereocenters. The molecule has 0 bridgehead atoms. The van der Waals surface area contributed by atoms with Crippen LogP contribution in [0.15, 0.2) is 72.8 Å². The average molecular weight is 389 g/mol. The van der Waals surface area contributed by atoms with Crippen molar-refractivity contribution in [1.29, 1.82) is 0 Å². The molecule has 3 rings (SSSR count). The summed E-state index contributed by atoms with van der Waals surface area (Å²) in [6, 6.07) is 22.0. The molecule has 0 aliphatic heterocycles. The van der Waals surface area contributed by atoms with Gasteiger partial charge < -0.3 is 21.1 Å². The summed E-state index contributed by atoms with van der Waals surface area (Å²) in [4.78, 5) is 23.6. The zero-order chi connectivity index (χ0) is 20.6. The Labute approximate surface area is 169 Å². The van der Waals surface area contributed by atoms with Gasteiger partial charge in [-0.1, -0.05) is 48.5 Å². The Morgan fingerprint density at radius 1 is 0.931 bits per heavy atom. The third-order valence-corrected chi connectivity index (χ3v) is 4.36. The second-order valence-corrected chi connectivity index (χ2v) is 6.62. The fraction of sp³-hybridized carbons (Fsp3) is 0.130. The summed E-state index contributed by atoms with van der Waals surface area (Å²) in [6.07, 6.45) is 0. The van der Waals surface area contributed by atoms with Crippen molar-refractivity contribution >= 4 is 17.6 Å². The first-order chi connectivity index (χ1) is 14.0. The molecule has 0 atom stereocenters. The van der Waals surface area contributed by atoms with Crippen LogP contribution in [0.4, 0.5) is 10.5 Å². The summed E-state index contributed by atoms with van der Waals surface area (Å²) >= 11 is 0. The van der Waals surface area contributed by atoms with Gasteiger partial charge >= 0.3 is 6.03 Å². The number of carbonyl (C=O) groups is 2. The Balaban J connectivity index is 1.55. The van der Waals surface area contributed by atoms with E-state index in [-0.39, 0.29) is 6.03 Å². The predicted octanol–water partition coefficient (Wildman–Crippen LogP) is 3.99. The number of amides is 3. The Bertz CT molecular complexity index is 1000. The minimum Gasteiger partial charge on any atom is -0.489 e. The van der Waals surface area contributed by atoms with Crippen LogP contribution in [0.5, 0.6) is 5.75 Å². The van der Waals surface area contributed by atoms with E-state index < -0.39 is 5.91 Å². The van der Waals surface area contributed by atoms with Crippen LogP contribution in [-0.2, 0) is 13.2 Å². The molecule has 0 heterocycles. The molecular formula is C23H23N3O3. The second-order valence-electron chi connectivity index (χ2n) is 6.62. The Morgan fingerprint density at radius 3 is 2.45 bits per heavy atom. The molecule has 3 aromatic carbocycles. The monoisotopic (exact) mass is 389 g/mol. The maximum atomic E-state index is 12.3. The van der Waals surface area contributed by atoms with Gasteiger partial charge in [0.25, 0.3) is 0 Å². The topological polar surface area (TPSA) is 93.5 Å².